The third-order valence-corrected chi connectivity index (χ3v) is 3.55. The van der Waals surface area contributed by atoms with Crippen molar-refractivity contribution in [3.63, 3.8) is 0 Å². The summed E-state index contributed by atoms with van der Waals surface area (Å²) < 4.78 is 0. The van der Waals surface area contributed by atoms with E-state index in [-0.39, 0.29) is 0 Å². The molecule has 0 amide bonds. The van der Waals surface area contributed by atoms with E-state index in [1.807, 2.05) is 4.90 Å². The summed E-state index contributed by atoms with van der Waals surface area (Å²) in [4.78, 5) is 1.99. The lowest BCUT2D eigenvalue weighted by molar-refractivity contribution is 0.0572. The van der Waals surface area contributed by atoms with Gasteiger partial charge in [-0.05, 0) is 6.42 Å². The van der Waals surface area contributed by atoms with Gasteiger partial charge in [0.05, 0.1) is 18.8 Å². The molecule has 0 saturated carbocycles. The molecule has 1 fully saturated rings. The highest BCUT2D eigenvalue weighted by Gasteiger charge is 2.29. The van der Waals surface area contributed by atoms with Crippen molar-refractivity contribution in [2.45, 2.75) is 32.1 Å². The highest BCUT2D eigenvalue weighted by molar-refractivity contribution is 7.15. The maximum Gasteiger partial charge on any atom is 0.205 e. The van der Waals surface area contributed by atoms with E-state index in [1.165, 1.54) is 11.3 Å². The molecule has 0 spiro atoms. The van der Waals surface area contributed by atoms with Crippen LogP contribution in [0.5, 0.6) is 0 Å². The van der Waals surface area contributed by atoms with Crippen LogP contribution in [-0.4, -0.2) is 57.2 Å². The van der Waals surface area contributed by atoms with Crippen molar-refractivity contribution in [3.8, 4) is 0 Å². The summed E-state index contributed by atoms with van der Waals surface area (Å²) >= 11 is 1.52. The molecule has 17 heavy (non-hydrogen) atoms. The predicted molar refractivity (Wildman–Crippen MR) is 66.0 cm³/mol. The second kappa shape index (κ2) is 5.72. The van der Waals surface area contributed by atoms with Gasteiger partial charge in [0.25, 0.3) is 0 Å². The number of nitrogens with zero attached hydrogens (tertiary/aromatic N) is 3. The van der Waals surface area contributed by atoms with Gasteiger partial charge in [0.2, 0.25) is 5.13 Å². The summed E-state index contributed by atoms with van der Waals surface area (Å²) in [6.07, 6.45) is -0.222. The van der Waals surface area contributed by atoms with Crippen LogP contribution < -0.4 is 5.32 Å². The Morgan fingerprint density at radius 1 is 1.35 bits per heavy atom. The minimum Gasteiger partial charge on any atom is -0.389 e. The lowest BCUT2D eigenvalue weighted by Gasteiger charge is -2.11. The maximum absolute atomic E-state index is 9.43. The predicted octanol–water partition coefficient (Wildman–Crippen LogP) is -0.103. The first kappa shape index (κ1) is 12.7. The molecule has 2 unspecified atom stereocenters. The Morgan fingerprint density at radius 3 is 2.71 bits per heavy atom. The first-order valence-corrected chi connectivity index (χ1v) is 6.65. The van der Waals surface area contributed by atoms with E-state index >= 15 is 0 Å². The maximum atomic E-state index is 9.43. The fraction of sp³-hybridized carbons (Fsp3) is 0.800. The van der Waals surface area contributed by atoms with E-state index < -0.39 is 12.2 Å². The highest BCUT2D eigenvalue weighted by Crippen LogP contribution is 2.19. The molecule has 7 heteroatoms. The number of aliphatic hydroxyl groups excluding tert-OH is 2. The number of hydrogen-bond acceptors (Lipinski definition) is 7. The minimum atomic E-state index is -0.638. The summed E-state index contributed by atoms with van der Waals surface area (Å²) in [5, 5.41) is 31.9. The molecule has 0 aromatic carbocycles. The first-order chi connectivity index (χ1) is 8.19. The van der Waals surface area contributed by atoms with Crippen molar-refractivity contribution in [1.29, 1.82) is 0 Å². The van der Waals surface area contributed by atoms with E-state index in [0.717, 1.165) is 23.1 Å². The van der Waals surface area contributed by atoms with E-state index in [2.05, 4.69) is 22.4 Å². The van der Waals surface area contributed by atoms with E-state index in [1.54, 1.807) is 0 Å². The summed E-state index contributed by atoms with van der Waals surface area (Å²) in [7, 11) is 0. The van der Waals surface area contributed by atoms with Crippen molar-refractivity contribution < 1.29 is 10.2 Å². The number of aromatic nitrogens is 2. The number of likely N-dealkylation sites (tertiary alicyclic amines) is 1. The monoisotopic (exact) mass is 258 g/mol. The average molecular weight is 258 g/mol. The van der Waals surface area contributed by atoms with E-state index in [4.69, 9.17) is 0 Å². The van der Waals surface area contributed by atoms with Gasteiger partial charge in [-0.3, -0.25) is 4.90 Å². The number of hydrogen-bond donors (Lipinski definition) is 3. The standard InChI is InChI=1S/C10H18N4O2S/c1-2-3-11-10-13-12-9(17-10)6-14-4-7(15)8(16)5-14/h7-8,15-16H,2-6H2,1H3,(H,11,13). The summed E-state index contributed by atoms with van der Waals surface area (Å²) in [5.41, 5.74) is 0. The Morgan fingerprint density at radius 2 is 2.06 bits per heavy atom. The SMILES string of the molecule is CCCNc1nnc(CN2CC(O)C(O)C2)s1. The molecule has 6 nitrogen and oxygen atoms in total. The number of anilines is 1. The molecule has 0 bridgehead atoms. The highest BCUT2D eigenvalue weighted by atomic mass is 32.1. The molecule has 1 aliphatic rings. The van der Waals surface area contributed by atoms with Gasteiger partial charge in [-0.1, -0.05) is 18.3 Å². The largest absolute Gasteiger partial charge is 0.389 e. The molecule has 0 radical (unpaired) electrons. The molecule has 2 rings (SSSR count). The number of β-amino-alcohol motifs (C(OH)–C–C–N with tert-alkyl or cyclic N) is 2. The zero-order valence-electron chi connectivity index (χ0n) is 9.83. The quantitative estimate of drug-likeness (QED) is 0.684. The van der Waals surface area contributed by atoms with Crippen LogP contribution >= 0.6 is 11.3 Å². The van der Waals surface area contributed by atoms with Gasteiger partial charge < -0.3 is 15.5 Å². The van der Waals surface area contributed by atoms with Crippen molar-refractivity contribution in [2.24, 2.45) is 0 Å². The van der Waals surface area contributed by atoms with Gasteiger partial charge in [0, 0.05) is 19.6 Å². The summed E-state index contributed by atoms with van der Waals surface area (Å²) in [5.74, 6) is 0. The van der Waals surface area contributed by atoms with Crippen LogP contribution in [0.25, 0.3) is 0 Å². The lowest BCUT2D eigenvalue weighted by Crippen LogP contribution is -2.22. The number of nitrogens with one attached hydrogen (secondary N) is 1. The van der Waals surface area contributed by atoms with Crippen molar-refractivity contribution in [2.75, 3.05) is 25.0 Å². The van der Waals surface area contributed by atoms with Crippen LogP contribution in [-0.2, 0) is 6.54 Å². The molecule has 1 aromatic rings. The first-order valence-electron chi connectivity index (χ1n) is 5.83. The van der Waals surface area contributed by atoms with Crippen molar-refractivity contribution in [3.05, 3.63) is 5.01 Å². The van der Waals surface area contributed by atoms with Crippen molar-refractivity contribution in [1.82, 2.24) is 15.1 Å². The molecule has 0 aliphatic carbocycles. The van der Waals surface area contributed by atoms with E-state index in [9.17, 15) is 10.2 Å². The third-order valence-electron chi connectivity index (χ3n) is 2.69. The second-order valence-corrected chi connectivity index (χ2v) is 5.32. The van der Waals surface area contributed by atoms with Crippen molar-refractivity contribution >= 4 is 16.5 Å². The zero-order chi connectivity index (χ0) is 12.3. The van der Waals surface area contributed by atoms with Gasteiger partial charge in [0.1, 0.15) is 5.01 Å². The average Bonchev–Trinajstić information content (AvgIpc) is 2.85. The number of aliphatic hydroxyl groups is 2. The van der Waals surface area contributed by atoms with Crippen LogP contribution in [0, 0.1) is 0 Å². The van der Waals surface area contributed by atoms with Crippen LogP contribution in [0.3, 0.4) is 0 Å². The van der Waals surface area contributed by atoms with Crippen LogP contribution in [0.1, 0.15) is 18.4 Å². The van der Waals surface area contributed by atoms with Gasteiger partial charge in [-0.25, -0.2) is 0 Å². The Kier molecular flexibility index (Phi) is 4.27. The van der Waals surface area contributed by atoms with E-state index in [0.29, 0.717) is 19.6 Å². The topological polar surface area (TPSA) is 81.5 Å². The molecule has 1 aromatic heterocycles. The summed E-state index contributed by atoms with van der Waals surface area (Å²) in [6.45, 7) is 4.63. The molecule has 1 saturated heterocycles. The fourth-order valence-electron chi connectivity index (χ4n) is 1.79. The van der Waals surface area contributed by atoms with Crippen LogP contribution in [0.4, 0.5) is 5.13 Å². The third kappa shape index (κ3) is 3.35. The Balaban J connectivity index is 1.85. The molecule has 96 valence electrons. The Labute approximate surface area is 104 Å². The molecule has 2 heterocycles. The van der Waals surface area contributed by atoms with Gasteiger partial charge in [0.15, 0.2) is 0 Å². The molecule has 3 N–H and O–H groups in total. The molecule has 2 atom stereocenters. The number of rotatable bonds is 5. The minimum absolute atomic E-state index is 0.498. The van der Waals surface area contributed by atoms with Gasteiger partial charge in [-0.2, -0.15) is 0 Å². The molecular formula is C10H18N4O2S. The van der Waals surface area contributed by atoms with Gasteiger partial charge in [-0.15, -0.1) is 10.2 Å². The second-order valence-electron chi connectivity index (χ2n) is 4.26. The smallest absolute Gasteiger partial charge is 0.205 e. The summed E-state index contributed by atoms with van der Waals surface area (Å²) in [6, 6.07) is 0. The van der Waals surface area contributed by atoms with Crippen LogP contribution in [0.15, 0.2) is 0 Å². The normalized spacial score (nSPS) is 25.4. The Bertz CT molecular complexity index is 350. The fourth-order valence-corrected chi connectivity index (χ4v) is 2.60. The van der Waals surface area contributed by atoms with Gasteiger partial charge >= 0.3 is 0 Å². The lowest BCUT2D eigenvalue weighted by atomic mass is 10.3. The molecule has 1 aliphatic heterocycles. The Hall–Kier alpha value is -0.760. The zero-order valence-corrected chi connectivity index (χ0v) is 10.7. The van der Waals surface area contributed by atoms with Crippen LogP contribution in [0.2, 0.25) is 0 Å². The molecular weight excluding hydrogens is 240 g/mol.